The lowest BCUT2D eigenvalue weighted by atomic mass is 9.81. The highest BCUT2D eigenvalue weighted by molar-refractivity contribution is 6.04. The molecule has 0 bridgehead atoms. The molecule has 1 aromatic heterocycles. The van der Waals surface area contributed by atoms with Crippen LogP contribution in [0.15, 0.2) is 46.7 Å². The standard InChI is InChI=1S/C17H21N5.ClH/c1-11-10-22(2)15-9-13(12-6-4-3-5-7-12)8-14(16(11)15)20-21-17(18)19;/h3-7,10,13H,8-9H2,1-2H3,(H4,18,19,21);1H/b20-14+;. The van der Waals surface area contributed by atoms with Crippen LogP contribution in [-0.4, -0.2) is 16.2 Å². The third kappa shape index (κ3) is 3.40. The summed E-state index contributed by atoms with van der Waals surface area (Å²) in [5.74, 6) is 0.388. The number of fused-ring (bicyclic) bond motifs is 1. The number of nitrogens with two attached hydrogens (primary N) is 2. The van der Waals surface area contributed by atoms with Gasteiger partial charge in [-0.15, -0.1) is 17.5 Å². The average molecular weight is 332 g/mol. The zero-order valence-electron chi connectivity index (χ0n) is 13.4. The number of hydrogen-bond acceptors (Lipinski definition) is 2. The highest BCUT2D eigenvalue weighted by Gasteiger charge is 2.28. The molecule has 122 valence electrons. The Morgan fingerprint density at radius 3 is 2.52 bits per heavy atom. The van der Waals surface area contributed by atoms with Crippen LogP contribution < -0.4 is 11.5 Å². The summed E-state index contributed by atoms with van der Waals surface area (Å²) in [6.45, 7) is 2.10. The maximum Gasteiger partial charge on any atom is 0.211 e. The molecule has 5 nitrogen and oxygen atoms in total. The first-order chi connectivity index (χ1) is 10.6. The fraction of sp³-hybridized carbons (Fsp3) is 0.294. The second kappa shape index (κ2) is 6.87. The van der Waals surface area contributed by atoms with Gasteiger partial charge in [0.15, 0.2) is 0 Å². The summed E-state index contributed by atoms with van der Waals surface area (Å²) in [5.41, 5.74) is 16.9. The van der Waals surface area contributed by atoms with E-state index in [2.05, 4.69) is 59.2 Å². The molecule has 0 aliphatic heterocycles. The minimum absolute atomic E-state index is 0. The van der Waals surface area contributed by atoms with Crippen molar-refractivity contribution in [3.05, 3.63) is 58.9 Å². The van der Waals surface area contributed by atoms with Gasteiger partial charge in [-0.2, -0.15) is 5.10 Å². The third-order valence-corrected chi connectivity index (χ3v) is 4.22. The number of nitrogens with zero attached hydrogens (tertiary/aromatic N) is 3. The molecule has 23 heavy (non-hydrogen) atoms. The SMILES string of the molecule is Cc1cn(C)c2c1/C(=N/N=C(N)N)CC(c1ccccc1)C2.Cl. The molecule has 0 fully saturated rings. The molecule has 0 amide bonds. The summed E-state index contributed by atoms with van der Waals surface area (Å²) < 4.78 is 2.19. The van der Waals surface area contributed by atoms with E-state index in [1.54, 1.807) is 0 Å². The highest BCUT2D eigenvalue weighted by atomic mass is 35.5. The minimum atomic E-state index is -0.00975. The third-order valence-electron chi connectivity index (χ3n) is 4.22. The molecule has 6 heteroatoms. The molecule has 1 aromatic carbocycles. The van der Waals surface area contributed by atoms with Crippen molar-refractivity contribution in [3.8, 4) is 0 Å². The highest BCUT2D eigenvalue weighted by Crippen LogP contribution is 2.35. The van der Waals surface area contributed by atoms with Gasteiger partial charge in [0.2, 0.25) is 5.96 Å². The monoisotopic (exact) mass is 331 g/mol. The van der Waals surface area contributed by atoms with Gasteiger partial charge < -0.3 is 16.0 Å². The maximum absolute atomic E-state index is 5.43. The first-order valence-corrected chi connectivity index (χ1v) is 7.42. The number of aryl methyl sites for hydroxylation is 2. The summed E-state index contributed by atoms with van der Waals surface area (Å²) in [5, 5.41) is 8.19. The van der Waals surface area contributed by atoms with Gasteiger partial charge in [0.25, 0.3) is 0 Å². The lowest BCUT2D eigenvalue weighted by Crippen LogP contribution is -2.23. The van der Waals surface area contributed by atoms with Crippen molar-refractivity contribution in [2.24, 2.45) is 28.7 Å². The maximum atomic E-state index is 5.43. The van der Waals surface area contributed by atoms with Crippen molar-refractivity contribution in [2.75, 3.05) is 0 Å². The zero-order chi connectivity index (χ0) is 15.7. The Labute approximate surface area is 142 Å². The van der Waals surface area contributed by atoms with Crippen LogP contribution in [0, 0.1) is 6.92 Å². The molecule has 1 aliphatic rings. The fourth-order valence-corrected chi connectivity index (χ4v) is 3.29. The summed E-state index contributed by atoms with van der Waals surface area (Å²) in [7, 11) is 2.08. The predicted octanol–water partition coefficient (Wildman–Crippen LogP) is 2.46. The molecule has 1 unspecified atom stereocenters. The van der Waals surface area contributed by atoms with Crippen LogP contribution in [0.25, 0.3) is 0 Å². The van der Waals surface area contributed by atoms with Crippen LogP contribution in [0.1, 0.15) is 34.7 Å². The van der Waals surface area contributed by atoms with Crippen LogP contribution in [-0.2, 0) is 13.5 Å². The van der Waals surface area contributed by atoms with Gasteiger partial charge in [0.05, 0.1) is 5.71 Å². The largest absolute Gasteiger partial charge is 0.369 e. The van der Waals surface area contributed by atoms with Gasteiger partial charge in [-0.1, -0.05) is 30.3 Å². The molecule has 0 spiro atoms. The van der Waals surface area contributed by atoms with Gasteiger partial charge in [0.1, 0.15) is 0 Å². The quantitative estimate of drug-likeness (QED) is 0.503. The molecule has 4 N–H and O–H groups in total. The Bertz CT molecular complexity index is 742. The van der Waals surface area contributed by atoms with Crippen molar-refractivity contribution in [2.45, 2.75) is 25.7 Å². The van der Waals surface area contributed by atoms with E-state index in [1.807, 2.05) is 6.07 Å². The minimum Gasteiger partial charge on any atom is -0.369 e. The number of guanidine groups is 1. The van der Waals surface area contributed by atoms with E-state index in [0.717, 1.165) is 18.6 Å². The van der Waals surface area contributed by atoms with Crippen LogP contribution in [0.5, 0.6) is 0 Å². The van der Waals surface area contributed by atoms with Crippen molar-refractivity contribution in [1.29, 1.82) is 0 Å². The summed E-state index contributed by atoms with van der Waals surface area (Å²) in [6.07, 6.45) is 3.99. The number of rotatable bonds is 2. The van der Waals surface area contributed by atoms with E-state index in [9.17, 15) is 0 Å². The van der Waals surface area contributed by atoms with Crippen molar-refractivity contribution in [3.63, 3.8) is 0 Å². The predicted molar refractivity (Wildman–Crippen MR) is 97.2 cm³/mol. The Morgan fingerprint density at radius 2 is 1.87 bits per heavy atom. The normalized spacial score (nSPS) is 18.2. The number of hydrogen-bond donors (Lipinski definition) is 2. The van der Waals surface area contributed by atoms with Crippen molar-refractivity contribution < 1.29 is 0 Å². The number of aromatic nitrogens is 1. The summed E-state index contributed by atoms with van der Waals surface area (Å²) in [4.78, 5) is 0. The van der Waals surface area contributed by atoms with Crippen molar-refractivity contribution >= 4 is 24.1 Å². The Morgan fingerprint density at radius 1 is 1.17 bits per heavy atom. The van der Waals surface area contributed by atoms with E-state index in [-0.39, 0.29) is 18.4 Å². The second-order valence-electron chi connectivity index (χ2n) is 5.83. The van der Waals surface area contributed by atoms with Gasteiger partial charge >= 0.3 is 0 Å². The first-order valence-electron chi connectivity index (χ1n) is 7.42. The summed E-state index contributed by atoms with van der Waals surface area (Å²) in [6, 6.07) is 10.5. The Kier molecular flexibility index (Phi) is 5.11. The van der Waals surface area contributed by atoms with E-state index >= 15 is 0 Å². The Balaban J connectivity index is 0.00000192. The van der Waals surface area contributed by atoms with Gasteiger partial charge in [-0.05, 0) is 36.8 Å². The van der Waals surface area contributed by atoms with E-state index in [0.29, 0.717) is 5.92 Å². The van der Waals surface area contributed by atoms with Crippen LogP contribution in [0.2, 0.25) is 0 Å². The zero-order valence-corrected chi connectivity index (χ0v) is 14.2. The molecular formula is C17H22ClN5. The molecule has 2 aromatic rings. The van der Waals surface area contributed by atoms with Crippen LogP contribution >= 0.6 is 12.4 Å². The van der Waals surface area contributed by atoms with E-state index < -0.39 is 0 Å². The molecular weight excluding hydrogens is 310 g/mol. The van der Waals surface area contributed by atoms with Gasteiger partial charge in [-0.25, -0.2) is 0 Å². The lowest BCUT2D eigenvalue weighted by Gasteiger charge is -2.25. The first kappa shape index (κ1) is 17.1. The lowest BCUT2D eigenvalue weighted by molar-refractivity contribution is 0.654. The number of halogens is 1. The van der Waals surface area contributed by atoms with Gasteiger partial charge in [-0.3, -0.25) is 0 Å². The molecule has 0 saturated heterocycles. The van der Waals surface area contributed by atoms with Crippen molar-refractivity contribution in [1.82, 2.24) is 4.57 Å². The molecule has 1 heterocycles. The molecule has 0 radical (unpaired) electrons. The summed E-state index contributed by atoms with van der Waals surface area (Å²) >= 11 is 0. The second-order valence-corrected chi connectivity index (χ2v) is 5.83. The molecule has 1 atom stereocenters. The fourth-order valence-electron chi connectivity index (χ4n) is 3.29. The van der Waals surface area contributed by atoms with Crippen LogP contribution in [0.3, 0.4) is 0 Å². The molecule has 0 saturated carbocycles. The topological polar surface area (TPSA) is 81.7 Å². The average Bonchev–Trinajstić information content (AvgIpc) is 2.80. The van der Waals surface area contributed by atoms with Gasteiger partial charge in [0, 0.05) is 24.5 Å². The Hall–Kier alpha value is -2.27. The molecule has 3 rings (SSSR count). The van der Waals surface area contributed by atoms with E-state index in [4.69, 9.17) is 11.5 Å². The van der Waals surface area contributed by atoms with E-state index in [1.165, 1.54) is 22.4 Å². The number of benzene rings is 1. The smallest absolute Gasteiger partial charge is 0.211 e. The van der Waals surface area contributed by atoms with Crippen LogP contribution in [0.4, 0.5) is 0 Å². The molecule has 1 aliphatic carbocycles.